The smallest absolute Gasteiger partial charge is 0.103 e. The van der Waals surface area contributed by atoms with Crippen LogP contribution in [0.15, 0.2) is 5.38 Å². The van der Waals surface area contributed by atoms with Crippen molar-refractivity contribution >= 4 is 23.1 Å². The Bertz CT molecular complexity index is 319. The van der Waals surface area contributed by atoms with E-state index in [0.29, 0.717) is 0 Å². The Kier molecular flexibility index (Phi) is 4.67. The van der Waals surface area contributed by atoms with Crippen molar-refractivity contribution in [3.8, 4) is 0 Å². The summed E-state index contributed by atoms with van der Waals surface area (Å²) in [6.45, 7) is 1.77. The molecule has 1 heterocycles. The highest BCUT2D eigenvalue weighted by Gasteiger charge is 2.15. The third-order valence-electron chi connectivity index (χ3n) is 2.99. The molecule has 0 amide bonds. The lowest BCUT2D eigenvalue weighted by molar-refractivity contribution is 0.195. The lowest BCUT2D eigenvalue weighted by atomic mass is 10.0. The Labute approximate surface area is 105 Å². The van der Waals surface area contributed by atoms with E-state index in [4.69, 9.17) is 0 Å². The number of thiazole rings is 1. The van der Waals surface area contributed by atoms with Crippen molar-refractivity contribution in [1.82, 2.24) is 4.98 Å². The Morgan fingerprint density at radius 3 is 2.88 bits per heavy atom. The Morgan fingerprint density at radius 2 is 2.25 bits per heavy atom. The molecule has 16 heavy (non-hydrogen) atoms. The van der Waals surface area contributed by atoms with Gasteiger partial charge >= 0.3 is 0 Å². The molecule has 1 aromatic heterocycles. The van der Waals surface area contributed by atoms with Gasteiger partial charge in [0.1, 0.15) is 5.01 Å². The van der Waals surface area contributed by atoms with Crippen LogP contribution in [0.2, 0.25) is 0 Å². The molecule has 1 aliphatic rings. The van der Waals surface area contributed by atoms with Crippen molar-refractivity contribution in [3.05, 3.63) is 16.1 Å². The van der Waals surface area contributed by atoms with E-state index in [0.717, 1.165) is 21.7 Å². The zero-order valence-corrected chi connectivity index (χ0v) is 11.3. The third kappa shape index (κ3) is 3.47. The molecular weight excluding hydrogens is 238 g/mol. The predicted octanol–water partition coefficient (Wildman–Crippen LogP) is 3.76. The molecule has 0 aromatic carbocycles. The first-order valence-electron chi connectivity index (χ1n) is 5.99. The molecule has 0 saturated heterocycles. The summed E-state index contributed by atoms with van der Waals surface area (Å²) in [7, 11) is 0. The molecule has 4 heteroatoms. The highest BCUT2D eigenvalue weighted by Crippen LogP contribution is 2.31. The molecule has 0 aliphatic heterocycles. The van der Waals surface area contributed by atoms with Gasteiger partial charge in [-0.25, -0.2) is 4.98 Å². The van der Waals surface area contributed by atoms with Crippen molar-refractivity contribution in [3.63, 3.8) is 0 Å². The number of aliphatic hydroxyl groups is 1. The normalized spacial score (nSPS) is 19.9. The molecule has 1 N–H and O–H groups in total. The van der Waals surface area contributed by atoms with E-state index >= 15 is 0 Å². The summed E-state index contributed by atoms with van der Waals surface area (Å²) < 4.78 is 0. The van der Waals surface area contributed by atoms with E-state index in [9.17, 15) is 5.11 Å². The fraction of sp³-hybridized carbons (Fsp3) is 0.750. The molecule has 0 radical (unpaired) electrons. The van der Waals surface area contributed by atoms with Gasteiger partial charge in [0.25, 0.3) is 0 Å². The van der Waals surface area contributed by atoms with Gasteiger partial charge in [-0.2, -0.15) is 11.8 Å². The molecule has 90 valence electrons. The van der Waals surface area contributed by atoms with E-state index in [1.807, 2.05) is 17.1 Å². The molecule has 1 unspecified atom stereocenters. The summed E-state index contributed by atoms with van der Waals surface area (Å²) >= 11 is 3.72. The van der Waals surface area contributed by atoms with Gasteiger partial charge in [-0.05, 0) is 19.8 Å². The molecule has 0 spiro atoms. The lowest BCUT2D eigenvalue weighted by Crippen LogP contribution is -2.08. The third-order valence-corrected chi connectivity index (χ3v) is 5.42. The number of hydrogen-bond donors (Lipinski definition) is 1. The number of aromatic nitrogens is 1. The maximum atomic E-state index is 9.39. The topological polar surface area (TPSA) is 33.1 Å². The zero-order chi connectivity index (χ0) is 11.4. The summed E-state index contributed by atoms with van der Waals surface area (Å²) in [6, 6.07) is 0. The van der Waals surface area contributed by atoms with Crippen LogP contribution in [-0.2, 0) is 5.75 Å². The minimum absolute atomic E-state index is 0.426. The first kappa shape index (κ1) is 12.4. The molecule has 1 aromatic rings. The Balaban J connectivity index is 1.79. The van der Waals surface area contributed by atoms with Crippen LogP contribution < -0.4 is 0 Å². The fourth-order valence-electron chi connectivity index (χ4n) is 2.00. The predicted molar refractivity (Wildman–Crippen MR) is 70.9 cm³/mol. The molecule has 2 nitrogen and oxygen atoms in total. The Hall–Kier alpha value is -0.0600. The van der Waals surface area contributed by atoms with Gasteiger partial charge in [-0.3, -0.25) is 0 Å². The number of hydrogen-bond acceptors (Lipinski definition) is 4. The van der Waals surface area contributed by atoms with Crippen molar-refractivity contribution in [2.24, 2.45) is 0 Å². The van der Waals surface area contributed by atoms with Gasteiger partial charge in [-0.1, -0.05) is 19.3 Å². The molecule has 1 saturated carbocycles. The SMILES string of the molecule is CC(O)c1csc(CSC2CCCCC2)n1. The van der Waals surface area contributed by atoms with Crippen LogP contribution in [0.5, 0.6) is 0 Å². The summed E-state index contributed by atoms with van der Waals surface area (Å²) in [5.41, 5.74) is 0.823. The van der Waals surface area contributed by atoms with Crippen molar-refractivity contribution < 1.29 is 5.11 Å². The molecule has 1 fully saturated rings. The summed E-state index contributed by atoms with van der Waals surface area (Å²) in [4.78, 5) is 4.44. The number of rotatable bonds is 4. The van der Waals surface area contributed by atoms with E-state index in [2.05, 4.69) is 4.98 Å². The first-order valence-corrected chi connectivity index (χ1v) is 7.92. The summed E-state index contributed by atoms with van der Waals surface area (Å²) in [5, 5.41) is 13.4. The molecule has 2 rings (SSSR count). The molecule has 1 atom stereocenters. The Morgan fingerprint density at radius 1 is 1.50 bits per heavy atom. The monoisotopic (exact) mass is 257 g/mol. The van der Waals surface area contributed by atoms with Crippen LogP contribution in [0.4, 0.5) is 0 Å². The van der Waals surface area contributed by atoms with E-state index < -0.39 is 6.10 Å². The maximum Gasteiger partial charge on any atom is 0.103 e. The van der Waals surface area contributed by atoms with E-state index in [-0.39, 0.29) is 0 Å². The van der Waals surface area contributed by atoms with Gasteiger partial charge in [0.05, 0.1) is 11.8 Å². The van der Waals surface area contributed by atoms with Crippen molar-refractivity contribution in [1.29, 1.82) is 0 Å². The van der Waals surface area contributed by atoms with Crippen LogP contribution in [0.25, 0.3) is 0 Å². The van der Waals surface area contributed by atoms with Gasteiger partial charge in [0, 0.05) is 16.4 Å². The second kappa shape index (κ2) is 6.03. The largest absolute Gasteiger partial charge is 0.387 e. The van der Waals surface area contributed by atoms with Crippen LogP contribution in [0.1, 0.15) is 55.8 Å². The molecule has 1 aliphatic carbocycles. The summed E-state index contributed by atoms with van der Waals surface area (Å²) in [5.74, 6) is 1.02. The average molecular weight is 257 g/mol. The van der Waals surface area contributed by atoms with Gasteiger partial charge in [0.2, 0.25) is 0 Å². The molecule has 0 bridgehead atoms. The van der Waals surface area contributed by atoms with Gasteiger partial charge in [0.15, 0.2) is 0 Å². The number of thioether (sulfide) groups is 1. The van der Waals surface area contributed by atoms with Crippen LogP contribution >= 0.6 is 23.1 Å². The van der Waals surface area contributed by atoms with Crippen molar-refractivity contribution in [2.75, 3.05) is 0 Å². The summed E-state index contributed by atoms with van der Waals surface area (Å²) in [6.07, 6.45) is 6.53. The van der Waals surface area contributed by atoms with Crippen LogP contribution in [0, 0.1) is 0 Å². The standard InChI is InChI=1S/C12H19NOS2/c1-9(14)11-7-16-12(13-11)8-15-10-5-3-2-4-6-10/h7,9-10,14H,2-6,8H2,1H3. The second-order valence-electron chi connectivity index (χ2n) is 4.41. The highest BCUT2D eigenvalue weighted by atomic mass is 32.2. The second-order valence-corrected chi connectivity index (χ2v) is 6.64. The quantitative estimate of drug-likeness (QED) is 0.891. The van der Waals surface area contributed by atoms with E-state index in [1.165, 1.54) is 32.1 Å². The van der Waals surface area contributed by atoms with Gasteiger partial charge in [-0.15, -0.1) is 11.3 Å². The molecular formula is C12H19NOS2. The maximum absolute atomic E-state index is 9.39. The fourth-order valence-corrected chi connectivity index (χ4v) is 4.25. The van der Waals surface area contributed by atoms with Crippen LogP contribution in [0.3, 0.4) is 0 Å². The van der Waals surface area contributed by atoms with Crippen LogP contribution in [-0.4, -0.2) is 15.3 Å². The number of nitrogens with zero attached hydrogens (tertiary/aromatic N) is 1. The van der Waals surface area contributed by atoms with E-state index in [1.54, 1.807) is 18.3 Å². The lowest BCUT2D eigenvalue weighted by Gasteiger charge is -2.20. The van der Waals surface area contributed by atoms with Crippen molar-refractivity contribution in [2.45, 2.75) is 56.1 Å². The first-order chi connectivity index (χ1) is 7.75. The number of aliphatic hydroxyl groups excluding tert-OH is 1. The minimum atomic E-state index is -0.426. The zero-order valence-electron chi connectivity index (χ0n) is 9.69. The van der Waals surface area contributed by atoms with Gasteiger partial charge < -0.3 is 5.11 Å². The average Bonchev–Trinajstić information content (AvgIpc) is 2.76. The highest BCUT2D eigenvalue weighted by molar-refractivity contribution is 7.99. The minimum Gasteiger partial charge on any atom is -0.387 e.